The highest BCUT2D eigenvalue weighted by Gasteiger charge is 2.33. The molecule has 3 amide bonds. The number of ether oxygens (including phenoxy) is 1. The molecular weight excluding hydrogens is 454 g/mol. The Bertz CT molecular complexity index is 1150. The highest BCUT2D eigenvalue weighted by molar-refractivity contribution is 7.09. The summed E-state index contributed by atoms with van der Waals surface area (Å²) in [5.74, 6) is -1.07. The molecule has 0 saturated carbocycles. The zero-order valence-corrected chi connectivity index (χ0v) is 19.8. The Labute approximate surface area is 201 Å². The Morgan fingerprint density at radius 1 is 1.09 bits per heavy atom. The fourth-order valence-electron chi connectivity index (χ4n) is 3.43. The van der Waals surface area contributed by atoms with E-state index < -0.39 is 17.9 Å². The summed E-state index contributed by atoms with van der Waals surface area (Å²) in [6.07, 6.45) is 0.334. The van der Waals surface area contributed by atoms with E-state index in [1.54, 1.807) is 24.3 Å². The number of nitrogens with zero attached hydrogens (tertiary/aromatic N) is 2. The number of carbonyl (C=O) groups excluding carboxylic acids is 3. The summed E-state index contributed by atoms with van der Waals surface area (Å²) in [6, 6.07) is 15.5. The van der Waals surface area contributed by atoms with E-state index in [9.17, 15) is 14.4 Å². The Morgan fingerprint density at radius 2 is 1.76 bits per heavy atom. The van der Waals surface area contributed by atoms with Crippen LogP contribution in [0.15, 0.2) is 54.6 Å². The van der Waals surface area contributed by atoms with Crippen LogP contribution in [0.1, 0.15) is 46.0 Å². The van der Waals surface area contributed by atoms with Gasteiger partial charge in [-0.25, -0.2) is 0 Å². The molecule has 1 atom stereocenters. The molecule has 1 unspecified atom stereocenters. The lowest BCUT2D eigenvalue weighted by atomic mass is 10.1. The van der Waals surface area contributed by atoms with Crippen molar-refractivity contribution in [3.8, 4) is 5.75 Å². The summed E-state index contributed by atoms with van der Waals surface area (Å²) in [6.45, 7) is 4.49. The molecule has 10 heteroatoms. The van der Waals surface area contributed by atoms with E-state index in [4.69, 9.17) is 16.2 Å². The van der Waals surface area contributed by atoms with Crippen molar-refractivity contribution in [2.75, 3.05) is 17.2 Å². The van der Waals surface area contributed by atoms with Gasteiger partial charge in [-0.15, -0.1) is 0 Å². The van der Waals surface area contributed by atoms with Gasteiger partial charge in [0.15, 0.2) is 5.69 Å². The molecule has 1 heterocycles. The number of nitrogen functional groups attached to an aromatic ring is 1. The molecule has 2 aromatic carbocycles. The molecular formula is C24H27N5O4S. The third kappa shape index (κ3) is 5.52. The second kappa shape index (κ2) is 11.3. The first-order chi connectivity index (χ1) is 16.4. The summed E-state index contributed by atoms with van der Waals surface area (Å²) < 4.78 is 9.43. The van der Waals surface area contributed by atoms with Crippen molar-refractivity contribution in [2.24, 2.45) is 5.73 Å². The van der Waals surface area contributed by atoms with Gasteiger partial charge in [0, 0.05) is 12.2 Å². The van der Waals surface area contributed by atoms with Gasteiger partial charge in [0.1, 0.15) is 16.7 Å². The van der Waals surface area contributed by atoms with Crippen molar-refractivity contribution in [1.82, 2.24) is 9.69 Å². The lowest BCUT2D eigenvalue weighted by Crippen LogP contribution is -2.49. The standard InChI is InChI=1S/C24H27N5O4S/c1-3-18(23(31)27-14-15-8-6-5-7-9-15)29(16-10-12-17(13-11-16)33-4-2)24(32)21-19(25)20(22(26)30)28-34-21/h5-13,18H,3-4,14,25H2,1-2H3,(H2,26,30)(H,27,31). The summed E-state index contributed by atoms with van der Waals surface area (Å²) in [7, 11) is 0. The number of hydrogen-bond donors (Lipinski definition) is 3. The number of carbonyl (C=O) groups is 3. The van der Waals surface area contributed by atoms with Gasteiger partial charge in [-0.1, -0.05) is 37.3 Å². The summed E-state index contributed by atoms with van der Waals surface area (Å²) in [5.41, 5.74) is 12.5. The van der Waals surface area contributed by atoms with Crippen molar-refractivity contribution in [2.45, 2.75) is 32.9 Å². The van der Waals surface area contributed by atoms with E-state index in [-0.39, 0.29) is 22.2 Å². The van der Waals surface area contributed by atoms with Crippen LogP contribution in [-0.2, 0) is 11.3 Å². The van der Waals surface area contributed by atoms with E-state index in [1.165, 1.54) is 4.90 Å². The van der Waals surface area contributed by atoms with Crippen molar-refractivity contribution in [1.29, 1.82) is 0 Å². The molecule has 3 aromatic rings. The predicted octanol–water partition coefficient (Wildman–Crippen LogP) is 2.96. The molecule has 34 heavy (non-hydrogen) atoms. The van der Waals surface area contributed by atoms with Gasteiger partial charge in [0.2, 0.25) is 5.91 Å². The maximum Gasteiger partial charge on any atom is 0.272 e. The van der Waals surface area contributed by atoms with Crippen LogP contribution in [0.3, 0.4) is 0 Å². The molecule has 0 aliphatic rings. The van der Waals surface area contributed by atoms with Gasteiger partial charge in [0.25, 0.3) is 11.8 Å². The van der Waals surface area contributed by atoms with Gasteiger partial charge in [-0.3, -0.25) is 19.3 Å². The lowest BCUT2D eigenvalue weighted by Gasteiger charge is -2.30. The number of benzene rings is 2. The summed E-state index contributed by atoms with van der Waals surface area (Å²) in [4.78, 5) is 39.9. The minimum Gasteiger partial charge on any atom is -0.494 e. The van der Waals surface area contributed by atoms with Gasteiger partial charge in [-0.2, -0.15) is 4.37 Å². The van der Waals surface area contributed by atoms with Crippen LogP contribution in [0.4, 0.5) is 11.4 Å². The number of nitrogens with one attached hydrogen (secondary N) is 1. The molecule has 5 N–H and O–H groups in total. The molecule has 0 radical (unpaired) electrons. The minimum absolute atomic E-state index is 0.0389. The van der Waals surface area contributed by atoms with E-state index >= 15 is 0 Å². The second-order valence-corrected chi connectivity index (χ2v) is 8.14. The number of nitrogens with two attached hydrogens (primary N) is 2. The maximum absolute atomic E-state index is 13.6. The van der Waals surface area contributed by atoms with Gasteiger partial charge >= 0.3 is 0 Å². The Hall–Kier alpha value is -3.92. The first-order valence-corrected chi connectivity index (χ1v) is 11.6. The topological polar surface area (TPSA) is 141 Å². The zero-order chi connectivity index (χ0) is 24.7. The molecule has 0 spiro atoms. The molecule has 0 saturated heterocycles. The van der Waals surface area contributed by atoms with Crippen LogP contribution < -0.4 is 26.4 Å². The van der Waals surface area contributed by atoms with E-state index in [0.717, 1.165) is 17.1 Å². The maximum atomic E-state index is 13.6. The quantitative estimate of drug-likeness (QED) is 0.407. The number of aromatic nitrogens is 1. The number of hydrogen-bond acceptors (Lipinski definition) is 7. The monoisotopic (exact) mass is 481 g/mol. The van der Waals surface area contributed by atoms with Gasteiger partial charge in [-0.05, 0) is 54.7 Å². The summed E-state index contributed by atoms with van der Waals surface area (Å²) >= 11 is 0.773. The van der Waals surface area contributed by atoms with Crippen LogP contribution in [0, 0.1) is 0 Å². The molecule has 0 fully saturated rings. The third-order valence-electron chi connectivity index (χ3n) is 5.11. The van der Waals surface area contributed by atoms with Crippen molar-refractivity contribution in [3.05, 3.63) is 70.7 Å². The highest BCUT2D eigenvalue weighted by atomic mass is 32.1. The third-order valence-corrected chi connectivity index (χ3v) is 5.96. The molecule has 178 valence electrons. The minimum atomic E-state index is -0.840. The largest absolute Gasteiger partial charge is 0.494 e. The van der Waals surface area contributed by atoms with Gasteiger partial charge in [0.05, 0.1) is 12.3 Å². The summed E-state index contributed by atoms with van der Waals surface area (Å²) in [5, 5.41) is 2.90. The number of primary amides is 1. The van der Waals surface area contributed by atoms with E-state index in [2.05, 4.69) is 9.69 Å². The van der Waals surface area contributed by atoms with Gasteiger partial charge < -0.3 is 21.5 Å². The van der Waals surface area contributed by atoms with Crippen molar-refractivity contribution >= 4 is 40.6 Å². The van der Waals surface area contributed by atoms with Crippen molar-refractivity contribution < 1.29 is 19.1 Å². The average Bonchev–Trinajstić information content (AvgIpc) is 3.23. The first kappa shape index (κ1) is 24.7. The number of amides is 3. The Kier molecular flexibility index (Phi) is 8.20. The normalized spacial score (nSPS) is 11.5. The molecule has 9 nitrogen and oxygen atoms in total. The van der Waals surface area contributed by atoms with E-state index in [0.29, 0.717) is 31.0 Å². The van der Waals surface area contributed by atoms with Crippen LogP contribution in [0.25, 0.3) is 0 Å². The van der Waals surface area contributed by atoms with Crippen LogP contribution >= 0.6 is 11.5 Å². The fraction of sp³-hybridized carbons (Fsp3) is 0.250. The second-order valence-electron chi connectivity index (χ2n) is 7.37. The van der Waals surface area contributed by atoms with Crippen LogP contribution in [0.5, 0.6) is 5.75 Å². The average molecular weight is 482 g/mol. The van der Waals surface area contributed by atoms with Crippen LogP contribution in [-0.4, -0.2) is 34.7 Å². The molecule has 0 bridgehead atoms. The smallest absolute Gasteiger partial charge is 0.272 e. The fourth-order valence-corrected chi connectivity index (χ4v) is 4.18. The first-order valence-electron chi connectivity index (χ1n) is 10.8. The zero-order valence-electron chi connectivity index (χ0n) is 19.0. The molecule has 3 rings (SSSR count). The van der Waals surface area contributed by atoms with E-state index in [1.807, 2.05) is 44.2 Å². The number of anilines is 2. The lowest BCUT2D eigenvalue weighted by molar-refractivity contribution is -0.122. The highest BCUT2D eigenvalue weighted by Crippen LogP contribution is 2.29. The molecule has 0 aliphatic carbocycles. The SMILES string of the molecule is CCOc1ccc(N(C(=O)c2snc(C(N)=O)c2N)C(CC)C(=O)NCc2ccccc2)cc1. The van der Waals surface area contributed by atoms with Crippen LogP contribution in [0.2, 0.25) is 0 Å². The molecule has 0 aliphatic heterocycles. The Morgan fingerprint density at radius 3 is 2.32 bits per heavy atom. The molecule has 1 aromatic heterocycles. The Balaban J connectivity index is 1.96. The predicted molar refractivity (Wildman–Crippen MR) is 132 cm³/mol. The van der Waals surface area contributed by atoms with Crippen molar-refractivity contribution in [3.63, 3.8) is 0 Å². The number of rotatable bonds is 10.